The minimum atomic E-state index is -1.18. The van der Waals surface area contributed by atoms with Crippen molar-refractivity contribution in [2.75, 3.05) is 69.3 Å². The van der Waals surface area contributed by atoms with Crippen LogP contribution in [-0.2, 0) is 22.2 Å². The number of piperidine rings is 1. The van der Waals surface area contributed by atoms with Gasteiger partial charge in [0.25, 0.3) is 0 Å². The highest BCUT2D eigenvalue weighted by Gasteiger charge is 2.49. The van der Waals surface area contributed by atoms with Crippen LogP contribution in [-0.4, -0.2) is 109 Å². The molecule has 4 aromatic carbocycles. The molecule has 0 radical (unpaired) electrons. The number of benzene rings is 4. The zero-order valence-corrected chi connectivity index (χ0v) is 41.5. The molecule has 18 heteroatoms. The molecule has 15 nitrogen and oxygen atoms in total. The topological polar surface area (TPSA) is 168 Å². The Morgan fingerprint density at radius 2 is 1.68 bits per heavy atom. The number of primary amides is 1. The van der Waals surface area contributed by atoms with Gasteiger partial charge in [-0.25, -0.2) is 13.6 Å². The SMILES string of the molecule is COc1ccc(C(N)=O)c(-c2c(Cl)c(F)cc3c2[C@H](C)[C@@](/C=C\NC2CCC(C(=O)N4CCC(CN5CCN(c6ccc7c(N8CCC(=O)NC8=O)nn(C)c7c6)CC5)CC4)CC2)(c2ccccc2)O3)c1F. The number of anilines is 2. The fourth-order valence-electron chi connectivity index (χ4n) is 11.7. The van der Waals surface area contributed by atoms with Gasteiger partial charge >= 0.3 is 6.03 Å². The quantitative estimate of drug-likeness (QED) is 0.112. The van der Waals surface area contributed by atoms with Gasteiger partial charge in [0.2, 0.25) is 17.7 Å². The first-order valence-electron chi connectivity index (χ1n) is 25.0. The van der Waals surface area contributed by atoms with Crippen LogP contribution in [0, 0.1) is 23.5 Å². The predicted octanol–water partition coefficient (Wildman–Crippen LogP) is 7.84. The Balaban J connectivity index is 0.723. The fraction of sp³-hybridized carbons (Fsp3) is 0.426. The first kappa shape index (κ1) is 48.9. The first-order chi connectivity index (χ1) is 34.7. The Kier molecular flexibility index (Phi) is 13.6. The molecule has 5 aliphatic rings. The molecule has 3 saturated heterocycles. The number of likely N-dealkylation sites (tertiary alicyclic amines) is 1. The number of carbonyl (C=O) groups is 4. The van der Waals surface area contributed by atoms with Gasteiger partial charge in [-0.15, -0.1) is 0 Å². The van der Waals surface area contributed by atoms with Crippen LogP contribution in [0.5, 0.6) is 11.5 Å². The number of hydrogen-bond donors (Lipinski definition) is 3. The van der Waals surface area contributed by atoms with Crippen molar-refractivity contribution in [1.82, 2.24) is 30.2 Å². The summed E-state index contributed by atoms with van der Waals surface area (Å²) in [6, 6.07) is 19.3. The van der Waals surface area contributed by atoms with E-state index < -0.39 is 35.1 Å². The molecular formula is C54H60ClF2N9O6. The third-order valence-electron chi connectivity index (χ3n) is 15.7. The molecule has 5 heterocycles. The number of amides is 5. The predicted molar refractivity (Wildman–Crippen MR) is 271 cm³/mol. The second-order valence-electron chi connectivity index (χ2n) is 19.8. The van der Waals surface area contributed by atoms with Gasteiger partial charge in [0.15, 0.2) is 23.0 Å². The molecule has 5 aromatic rings. The van der Waals surface area contributed by atoms with E-state index in [2.05, 4.69) is 42.6 Å². The zero-order valence-electron chi connectivity index (χ0n) is 40.8. The second-order valence-corrected chi connectivity index (χ2v) is 20.2. The first-order valence-corrected chi connectivity index (χ1v) is 25.3. The van der Waals surface area contributed by atoms with Crippen LogP contribution in [0.25, 0.3) is 22.0 Å². The van der Waals surface area contributed by atoms with Crippen molar-refractivity contribution in [3.63, 3.8) is 0 Å². The van der Waals surface area contributed by atoms with Crippen molar-refractivity contribution in [1.29, 1.82) is 0 Å². The lowest BCUT2D eigenvalue weighted by Crippen LogP contribution is -2.50. The molecule has 378 valence electrons. The van der Waals surface area contributed by atoms with E-state index in [9.17, 15) is 19.2 Å². The van der Waals surface area contributed by atoms with Gasteiger partial charge in [-0.05, 0) is 92.6 Å². The standard InChI is InChI=1S/C54H60ClF2N9O6/c1-32-45-43(30-40(56)48(55)47(45)46-39(50(58)68)15-16-42(71-3)49(46)57)72-54(32,35-7-5-4-6-8-35)20-21-59-36-11-9-34(10-12-36)52(69)65-22-17-33(18-23-65)31-63-25-27-64(28-26-63)37-13-14-38-41(29-37)62(2)61-51(38)66-24-19-44(67)60-53(66)70/h4-8,13-16,20-21,29-30,32-34,36,59H,9-12,17-19,22-28,31H2,1-3H3,(H2,58,68)(H,60,67,70)/b21-20-/t32-,34?,36?,54-/m0/s1. The molecule has 2 atom stereocenters. The smallest absolute Gasteiger partial charge is 0.329 e. The van der Waals surface area contributed by atoms with Gasteiger partial charge in [0.1, 0.15) is 11.6 Å². The summed E-state index contributed by atoms with van der Waals surface area (Å²) in [5.74, 6) is -2.14. The maximum Gasteiger partial charge on any atom is 0.329 e. The Bertz CT molecular complexity index is 2950. The number of nitrogens with two attached hydrogens (primary N) is 1. The van der Waals surface area contributed by atoms with Crippen LogP contribution in [0.15, 0.2) is 79.0 Å². The van der Waals surface area contributed by atoms with Crippen LogP contribution >= 0.6 is 11.6 Å². The number of methoxy groups -OCH3 is 1. The summed E-state index contributed by atoms with van der Waals surface area (Å²) >= 11 is 6.68. The highest BCUT2D eigenvalue weighted by molar-refractivity contribution is 6.34. The molecule has 4 fully saturated rings. The molecule has 0 unspecified atom stereocenters. The van der Waals surface area contributed by atoms with E-state index in [1.54, 1.807) is 4.68 Å². The molecule has 1 saturated carbocycles. The Morgan fingerprint density at radius 1 is 0.944 bits per heavy atom. The van der Waals surface area contributed by atoms with E-state index in [1.165, 1.54) is 30.2 Å². The van der Waals surface area contributed by atoms with Crippen molar-refractivity contribution in [2.24, 2.45) is 24.6 Å². The molecule has 0 bridgehead atoms. The lowest BCUT2D eigenvalue weighted by atomic mass is 9.77. The Morgan fingerprint density at radius 3 is 2.38 bits per heavy atom. The highest BCUT2D eigenvalue weighted by Crippen LogP contribution is 2.57. The average molecular weight is 1000 g/mol. The van der Waals surface area contributed by atoms with Crippen molar-refractivity contribution >= 4 is 57.8 Å². The Labute approximate surface area is 422 Å². The molecule has 1 aromatic heterocycles. The summed E-state index contributed by atoms with van der Waals surface area (Å²) in [6.07, 6.45) is 9.18. The van der Waals surface area contributed by atoms with Crippen LogP contribution in [0.3, 0.4) is 0 Å². The third-order valence-corrected chi connectivity index (χ3v) is 16.1. The van der Waals surface area contributed by atoms with E-state index >= 15 is 8.78 Å². The van der Waals surface area contributed by atoms with Gasteiger partial charge in [0.05, 0.1) is 23.2 Å². The molecule has 4 aliphatic heterocycles. The van der Waals surface area contributed by atoms with Gasteiger partial charge < -0.3 is 30.3 Å². The number of rotatable bonds is 12. The van der Waals surface area contributed by atoms with E-state index in [-0.39, 0.29) is 63.4 Å². The number of aryl methyl sites for hydroxylation is 1. The van der Waals surface area contributed by atoms with E-state index in [0.717, 1.165) is 106 Å². The van der Waals surface area contributed by atoms with Gasteiger partial charge in [-0.3, -0.25) is 34.2 Å². The summed E-state index contributed by atoms with van der Waals surface area (Å²) < 4.78 is 45.7. The number of urea groups is 1. The van der Waals surface area contributed by atoms with Crippen LogP contribution in [0.2, 0.25) is 5.02 Å². The van der Waals surface area contributed by atoms with Gasteiger partial charge in [-0.2, -0.15) is 5.10 Å². The van der Waals surface area contributed by atoms with Gasteiger partial charge in [-0.1, -0.05) is 48.9 Å². The summed E-state index contributed by atoms with van der Waals surface area (Å²) in [5.41, 5.74) is 7.35. The maximum atomic E-state index is 16.2. The van der Waals surface area contributed by atoms with Crippen molar-refractivity contribution < 1.29 is 37.4 Å². The lowest BCUT2D eigenvalue weighted by Gasteiger charge is -2.40. The normalized spacial score (nSPS) is 23.1. The summed E-state index contributed by atoms with van der Waals surface area (Å²) in [7, 11) is 3.17. The minimum Gasteiger partial charge on any atom is -0.494 e. The van der Waals surface area contributed by atoms with Crippen molar-refractivity contribution in [3.05, 3.63) is 112 Å². The number of nitrogens with zero attached hydrogens (tertiary/aromatic N) is 6. The molecule has 4 N–H and O–H groups in total. The van der Waals surface area contributed by atoms with Gasteiger partial charge in [0, 0.05) is 118 Å². The summed E-state index contributed by atoms with van der Waals surface area (Å²) in [5, 5.41) is 11.1. The Hall–Kier alpha value is -6.72. The molecule has 72 heavy (non-hydrogen) atoms. The van der Waals surface area contributed by atoms with Crippen LogP contribution < -0.4 is 35.6 Å². The van der Waals surface area contributed by atoms with E-state index in [1.807, 2.05) is 62.6 Å². The van der Waals surface area contributed by atoms with Crippen LogP contribution in [0.4, 0.5) is 25.1 Å². The number of aromatic nitrogens is 2. The maximum absolute atomic E-state index is 16.2. The number of nitrogens with one attached hydrogen (secondary N) is 2. The molecule has 5 amide bonds. The van der Waals surface area contributed by atoms with E-state index in [0.29, 0.717) is 23.8 Å². The summed E-state index contributed by atoms with van der Waals surface area (Å²) in [4.78, 5) is 59.4. The fourth-order valence-corrected chi connectivity index (χ4v) is 11.9. The zero-order chi connectivity index (χ0) is 50.4. The number of piperazine rings is 1. The number of ether oxygens (including phenoxy) is 2. The summed E-state index contributed by atoms with van der Waals surface area (Å²) in [6.45, 7) is 8.49. The van der Waals surface area contributed by atoms with Crippen LogP contribution in [0.1, 0.15) is 79.3 Å². The monoisotopic (exact) mass is 1000 g/mol. The number of fused-ring (bicyclic) bond motifs is 2. The number of halogens is 3. The molecule has 1 aliphatic carbocycles. The molecule has 10 rings (SSSR count). The minimum absolute atomic E-state index is 0.0209. The molecular weight excluding hydrogens is 944 g/mol. The number of imide groups is 1. The average Bonchev–Trinajstić information content (AvgIpc) is 3.86. The third kappa shape index (κ3) is 9.09. The van der Waals surface area contributed by atoms with Crippen molar-refractivity contribution in [2.45, 2.75) is 69.4 Å². The second kappa shape index (κ2) is 20.1. The largest absolute Gasteiger partial charge is 0.494 e. The number of carbonyl (C=O) groups excluding carboxylic acids is 4. The number of hydrogen-bond acceptors (Lipinski definition) is 10. The van der Waals surface area contributed by atoms with Crippen molar-refractivity contribution in [3.8, 4) is 22.6 Å². The molecule has 0 spiro atoms. The highest BCUT2D eigenvalue weighted by atomic mass is 35.5. The lowest BCUT2D eigenvalue weighted by molar-refractivity contribution is -0.138. The van der Waals surface area contributed by atoms with E-state index in [4.69, 9.17) is 26.8 Å².